The van der Waals surface area contributed by atoms with E-state index in [-0.39, 0.29) is 11.5 Å². The molecule has 1 aromatic carbocycles. The van der Waals surface area contributed by atoms with E-state index in [0.717, 1.165) is 12.1 Å². The predicted octanol–water partition coefficient (Wildman–Crippen LogP) is 2.72. The molecule has 84 valence electrons. The average molecular weight is 215 g/mol. The second-order valence-corrected chi connectivity index (χ2v) is 4.03. The molecule has 0 radical (unpaired) electrons. The Balaban J connectivity index is 3.07. The van der Waals surface area contributed by atoms with Gasteiger partial charge in [0.25, 0.3) is 0 Å². The second-order valence-electron chi connectivity index (χ2n) is 4.03. The lowest BCUT2D eigenvalue weighted by Gasteiger charge is -2.16. The van der Waals surface area contributed by atoms with Crippen molar-refractivity contribution >= 4 is 0 Å². The third kappa shape index (κ3) is 2.65. The molecule has 0 aliphatic rings. The van der Waals surface area contributed by atoms with Gasteiger partial charge in [-0.2, -0.15) is 0 Å². The maximum absolute atomic E-state index is 13.3. The van der Waals surface area contributed by atoms with Gasteiger partial charge in [-0.05, 0) is 24.5 Å². The molecule has 2 nitrogen and oxygen atoms in total. The Bertz CT molecular complexity index is 353. The highest BCUT2D eigenvalue weighted by Crippen LogP contribution is 2.31. The number of nitrogens with two attached hydrogens (primary N) is 1. The molecule has 0 aliphatic heterocycles. The van der Waals surface area contributed by atoms with Gasteiger partial charge in [-0.25, -0.2) is 8.78 Å². The predicted molar refractivity (Wildman–Crippen MR) is 54.4 cm³/mol. The van der Waals surface area contributed by atoms with Crippen LogP contribution in [0.25, 0.3) is 0 Å². The molecule has 3 N–H and O–H groups in total. The van der Waals surface area contributed by atoms with Crippen LogP contribution in [0.2, 0.25) is 0 Å². The van der Waals surface area contributed by atoms with Crippen LogP contribution in [0.3, 0.4) is 0 Å². The van der Waals surface area contributed by atoms with Gasteiger partial charge in [-0.3, -0.25) is 0 Å². The molecule has 0 aromatic heterocycles. The van der Waals surface area contributed by atoms with Gasteiger partial charge >= 0.3 is 0 Å². The van der Waals surface area contributed by atoms with Gasteiger partial charge in [0.1, 0.15) is 5.82 Å². The summed E-state index contributed by atoms with van der Waals surface area (Å²) in [6.07, 6.45) is 0.494. The van der Waals surface area contributed by atoms with Crippen LogP contribution in [-0.4, -0.2) is 5.11 Å². The van der Waals surface area contributed by atoms with Crippen molar-refractivity contribution < 1.29 is 13.9 Å². The lowest BCUT2D eigenvalue weighted by atomic mass is 9.96. The van der Waals surface area contributed by atoms with Crippen LogP contribution in [0, 0.1) is 17.6 Å². The third-order valence-electron chi connectivity index (χ3n) is 2.21. The molecule has 1 rings (SSSR count). The molecule has 0 spiro atoms. The molecule has 0 bridgehead atoms. The molecule has 0 aliphatic carbocycles. The second kappa shape index (κ2) is 4.57. The van der Waals surface area contributed by atoms with E-state index >= 15 is 0 Å². The zero-order valence-corrected chi connectivity index (χ0v) is 8.80. The van der Waals surface area contributed by atoms with Gasteiger partial charge in [-0.1, -0.05) is 13.8 Å². The Morgan fingerprint density at radius 1 is 1.27 bits per heavy atom. The molecule has 0 fully saturated rings. The van der Waals surface area contributed by atoms with Crippen LogP contribution >= 0.6 is 0 Å². The summed E-state index contributed by atoms with van der Waals surface area (Å²) in [6, 6.07) is 1.18. The Hall–Kier alpha value is -1.16. The van der Waals surface area contributed by atoms with Gasteiger partial charge < -0.3 is 10.8 Å². The van der Waals surface area contributed by atoms with E-state index in [9.17, 15) is 13.9 Å². The first-order chi connectivity index (χ1) is 6.93. The van der Waals surface area contributed by atoms with Crippen molar-refractivity contribution in [3.8, 4) is 5.75 Å². The Labute approximate surface area is 87.7 Å². The average Bonchev–Trinajstić information content (AvgIpc) is 2.11. The van der Waals surface area contributed by atoms with Gasteiger partial charge in [0.15, 0.2) is 11.6 Å². The van der Waals surface area contributed by atoms with Gasteiger partial charge in [0.05, 0.1) is 0 Å². The summed E-state index contributed by atoms with van der Waals surface area (Å²) in [5.74, 6) is -1.93. The van der Waals surface area contributed by atoms with Crippen LogP contribution in [-0.2, 0) is 0 Å². The minimum Gasteiger partial charge on any atom is -0.505 e. The third-order valence-corrected chi connectivity index (χ3v) is 2.21. The summed E-state index contributed by atoms with van der Waals surface area (Å²) in [4.78, 5) is 0. The summed E-state index contributed by atoms with van der Waals surface area (Å²) in [7, 11) is 0. The lowest BCUT2D eigenvalue weighted by Crippen LogP contribution is -2.15. The van der Waals surface area contributed by atoms with E-state index < -0.39 is 23.4 Å². The largest absolute Gasteiger partial charge is 0.505 e. The molecule has 0 saturated heterocycles. The number of phenolic OH excluding ortho intramolecular Hbond substituents is 1. The van der Waals surface area contributed by atoms with Gasteiger partial charge in [0, 0.05) is 11.6 Å². The Kier molecular flexibility index (Phi) is 3.63. The van der Waals surface area contributed by atoms with Crippen molar-refractivity contribution in [3.05, 3.63) is 29.3 Å². The SMILES string of the molecule is CC(C)C[C@@H](N)c1c(F)ccc(F)c1O. The van der Waals surface area contributed by atoms with Crippen molar-refractivity contribution in [1.29, 1.82) is 0 Å². The molecule has 1 atom stereocenters. The van der Waals surface area contributed by atoms with Crippen molar-refractivity contribution in [1.82, 2.24) is 0 Å². The molecule has 1 aromatic rings. The van der Waals surface area contributed by atoms with Crippen LogP contribution in [0.1, 0.15) is 31.9 Å². The first-order valence-electron chi connectivity index (χ1n) is 4.86. The Morgan fingerprint density at radius 3 is 2.33 bits per heavy atom. The van der Waals surface area contributed by atoms with E-state index in [4.69, 9.17) is 5.73 Å². The molecule has 0 saturated carbocycles. The van der Waals surface area contributed by atoms with Crippen LogP contribution in [0.15, 0.2) is 12.1 Å². The summed E-state index contributed by atoms with van der Waals surface area (Å²) in [5.41, 5.74) is 5.56. The fourth-order valence-corrected chi connectivity index (χ4v) is 1.54. The van der Waals surface area contributed by atoms with Crippen molar-refractivity contribution in [3.63, 3.8) is 0 Å². The maximum Gasteiger partial charge on any atom is 0.165 e. The quantitative estimate of drug-likeness (QED) is 0.814. The fourth-order valence-electron chi connectivity index (χ4n) is 1.54. The molecular formula is C11H15F2NO. The molecule has 15 heavy (non-hydrogen) atoms. The minimum atomic E-state index is -0.842. The topological polar surface area (TPSA) is 46.2 Å². The first-order valence-corrected chi connectivity index (χ1v) is 4.86. The summed E-state index contributed by atoms with van der Waals surface area (Å²) in [5, 5.41) is 9.37. The molecule has 0 unspecified atom stereocenters. The van der Waals surface area contributed by atoms with Crippen LogP contribution in [0.4, 0.5) is 8.78 Å². The number of halogens is 2. The first kappa shape index (κ1) is 11.9. The number of aromatic hydroxyl groups is 1. The summed E-state index contributed by atoms with van der Waals surface area (Å²) >= 11 is 0. The number of hydrogen-bond acceptors (Lipinski definition) is 2. The van der Waals surface area contributed by atoms with Crippen LogP contribution in [0.5, 0.6) is 5.75 Å². The Morgan fingerprint density at radius 2 is 1.80 bits per heavy atom. The summed E-state index contributed by atoms with van der Waals surface area (Å²) < 4.78 is 26.3. The van der Waals surface area contributed by atoms with E-state index in [1.54, 1.807) is 0 Å². The zero-order chi connectivity index (χ0) is 11.6. The van der Waals surface area contributed by atoms with Crippen LogP contribution < -0.4 is 5.73 Å². The minimum absolute atomic E-state index is 0.135. The van der Waals surface area contributed by atoms with E-state index in [2.05, 4.69) is 0 Å². The number of hydrogen-bond donors (Lipinski definition) is 2. The fraction of sp³-hybridized carbons (Fsp3) is 0.455. The number of rotatable bonds is 3. The highest BCUT2D eigenvalue weighted by atomic mass is 19.1. The van der Waals surface area contributed by atoms with E-state index in [0.29, 0.717) is 6.42 Å². The van der Waals surface area contributed by atoms with Gasteiger partial charge in [-0.15, -0.1) is 0 Å². The molecular weight excluding hydrogens is 200 g/mol. The summed E-state index contributed by atoms with van der Waals surface area (Å²) in [6.45, 7) is 3.85. The number of benzene rings is 1. The maximum atomic E-state index is 13.3. The zero-order valence-electron chi connectivity index (χ0n) is 8.80. The molecule has 4 heteroatoms. The standard InChI is InChI=1S/C11H15F2NO/c1-6(2)5-9(14)10-7(12)3-4-8(13)11(10)15/h3-4,6,9,15H,5,14H2,1-2H3/t9-/m1/s1. The number of phenols is 1. The van der Waals surface area contributed by atoms with E-state index in [1.807, 2.05) is 13.8 Å². The van der Waals surface area contributed by atoms with Crippen molar-refractivity contribution in [2.75, 3.05) is 0 Å². The molecule has 0 heterocycles. The van der Waals surface area contributed by atoms with Gasteiger partial charge in [0.2, 0.25) is 0 Å². The smallest absolute Gasteiger partial charge is 0.165 e. The highest BCUT2D eigenvalue weighted by molar-refractivity contribution is 5.37. The monoisotopic (exact) mass is 215 g/mol. The molecule has 0 amide bonds. The van der Waals surface area contributed by atoms with Crippen molar-refractivity contribution in [2.45, 2.75) is 26.3 Å². The normalized spacial score (nSPS) is 13.2. The lowest BCUT2D eigenvalue weighted by molar-refractivity contribution is 0.399. The van der Waals surface area contributed by atoms with E-state index in [1.165, 1.54) is 0 Å². The highest BCUT2D eigenvalue weighted by Gasteiger charge is 2.19. The van der Waals surface area contributed by atoms with Crippen molar-refractivity contribution in [2.24, 2.45) is 11.7 Å².